The van der Waals surface area contributed by atoms with Crippen LogP contribution in [0.15, 0.2) is 73.1 Å². The molecule has 0 unspecified atom stereocenters. The molecule has 1 saturated carbocycles. The van der Waals surface area contributed by atoms with Crippen molar-refractivity contribution in [1.82, 2.24) is 20.1 Å². The smallest absolute Gasteiger partial charge is 0.270 e. The van der Waals surface area contributed by atoms with Crippen LogP contribution >= 0.6 is 0 Å². The first-order valence-corrected chi connectivity index (χ1v) is 11.7. The first kappa shape index (κ1) is 21.1. The molecule has 2 aromatic heterocycles. The van der Waals surface area contributed by atoms with Crippen molar-refractivity contribution >= 4 is 5.91 Å². The van der Waals surface area contributed by atoms with Gasteiger partial charge in [-0.25, -0.2) is 6.57 Å². The fourth-order valence-electron chi connectivity index (χ4n) is 4.58. The van der Waals surface area contributed by atoms with Gasteiger partial charge in [0.2, 0.25) is 0 Å². The van der Waals surface area contributed by atoms with Crippen LogP contribution in [0.3, 0.4) is 0 Å². The summed E-state index contributed by atoms with van der Waals surface area (Å²) in [6, 6.07) is 19.7. The van der Waals surface area contributed by atoms with Crippen LogP contribution in [0.25, 0.3) is 27.2 Å². The monoisotopic (exact) mass is 461 g/mol. The summed E-state index contributed by atoms with van der Waals surface area (Å²) in [6.07, 6.45) is 5.36. The molecule has 0 bridgehead atoms. The average Bonchev–Trinajstić information content (AvgIpc) is 3.61. The van der Waals surface area contributed by atoms with Gasteiger partial charge in [-0.05, 0) is 35.4 Å². The molecular formula is C28H23N5O2. The summed E-state index contributed by atoms with van der Waals surface area (Å²) < 4.78 is 7.80. The van der Waals surface area contributed by atoms with Crippen molar-refractivity contribution in [1.29, 1.82) is 0 Å². The summed E-state index contributed by atoms with van der Waals surface area (Å²) in [6.45, 7) is 9.06. The number of nitrogens with zero attached hydrogens (tertiary/aromatic N) is 4. The number of rotatable bonds is 6. The molecule has 7 nitrogen and oxygen atoms in total. The van der Waals surface area contributed by atoms with Crippen molar-refractivity contribution in [2.75, 3.05) is 6.54 Å². The van der Waals surface area contributed by atoms with Crippen LogP contribution in [0, 0.1) is 6.57 Å². The minimum Gasteiger partial charge on any atom is -0.489 e. The van der Waals surface area contributed by atoms with Crippen LogP contribution in [-0.4, -0.2) is 27.2 Å². The van der Waals surface area contributed by atoms with E-state index in [-0.39, 0.29) is 11.4 Å². The maximum absolute atomic E-state index is 12.7. The molecule has 0 atom stereocenters. The molecule has 2 aromatic carbocycles. The number of benzene rings is 2. The van der Waals surface area contributed by atoms with E-state index in [9.17, 15) is 4.79 Å². The Morgan fingerprint density at radius 1 is 1.00 bits per heavy atom. The van der Waals surface area contributed by atoms with Gasteiger partial charge in [0, 0.05) is 48.5 Å². The van der Waals surface area contributed by atoms with Crippen LogP contribution < -0.4 is 10.1 Å². The lowest BCUT2D eigenvalue weighted by molar-refractivity contribution is 0.0925. The van der Waals surface area contributed by atoms with Crippen molar-refractivity contribution in [3.05, 3.63) is 101 Å². The van der Waals surface area contributed by atoms with Gasteiger partial charge in [0.1, 0.15) is 23.7 Å². The third-order valence-electron chi connectivity index (χ3n) is 6.71. The topological polar surface area (TPSA) is 73.4 Å². The summed E-state index contributed by atoms with van der Waals surface area (Å²) in [5.74, 6) is 0.627. The van der Waals surface area contributed by atoms with E-state index in [0.29, 0.717) is 25.4 Å². The summed E-state index contributed by atoms with van der Waals surface area (Å²) in [5.41, 5.74) is 5.84. The van der Waals surface area contributed by atoms with Crippen LogP contribution in [-0.2, 0) is 18.7 Å². The lowest BCUT2D eigenvalue weighted by Gasteiger charge is -2.15. The van der Waals surface area contributed by atoms with Gasteiger partial charge in [-0.1, -0.05) is 36.4 Å². The molecule has 1 aliphatic heterocycles. The summed E-state index contributed by atoms with van der Waals surface area (Å²) in [7, 11) is 0. The van der Waals surface area contributed by atoms with Crippen molar-refractivity contribution in [3.63, 3.8) is 0 Å². The zero-order valence-corrected chi connectivity index (χ0v) is 19.1. The van der Waals surface area contributed by atoms with Crippen LogP contribution in [0.5, 0.6) is 5.75 Å². The van der Waals surface area contributed by atoms with Gasteiger partial charge in [-0.15, -0.1) is 0 Å². The highest BCUT2D eigenvalue weighted by Gasteiger charge is 2.52. The van der Waals surface area contributed by atoms with E-state index in [4.69, 9.17) is 16.4 Å². The third-order valence-corrected chi connectivity index (χ3v) is 6.71. The van der Waals surface area contributed by atoms with E-state index >= 15 is 0 Å². The molecule has 1 N–H and O–H groups in total. The lowest BCUT2D eigenvalue weighted by Crippen LogP contribution is -2.35. The molecule has 1 aliphatic carbocycles. The van der Waals surface area contributed by atoms with Crippen LogP contribution in [0.4, 0.5) is 0 Å². The van der Waals surface area contributed by atoms with Gasteiger partial charge in [-0.3, -0.25) is 14.5 Å². The number of carbonyl (C=O) groups is 1. The number of nitrogens with one attached hydrogen (secondary N) is 1. The maximum Gasteiger partial charge on any atom is 0.270 e. The van der Waals surface area contributed by atoms with Crippen molar-refractivity contribution in [3.8, 4) is 28.1 Å². The third kappa shape index (κ3) is 3.83. The standard InChI is InChI=1S/C28H23N5O2/c1-29-28(12-13-28)22-6-2-19(3-7-22)18-35-23-8-4-20(5-9-23)24-25(21-10-14-30-15-11-21)32-33-17-16-31-27(34)26(24)33/h2-11,14-15H,12-13,16-18H2,(H,31,34). The Balaban J connectivity index is 1.24. The number of ether oxygens (including phenoxy) is 1. The first-order chi connectivity index (χ1) is 17.2. The maximum atomic E-state index is 12.7. The zero-order chi connectivity index (χ0) is 23.8. The zero-order valence-electron chi connectivity index (χ0n) is 19.1. The number of pyridine rings is 1. The Morgan fingerprint density at radius 2 is 1.74 bits per heavy atom. The summed E-state index contributed by atoms with van der Waals surface area (Å²) in [5, 5.41) is 7.69. The summed E-state index contributed by atoms with van der Waals surface area (Å²) >= 11 is 0. The van der Waals surface area contributed by atoms with E-state index < -0.39 is 0 Å². The van der Waals surface area contributed by atoms with E-state index in [1.165, 1.54) is 0 Å². The lowest BCUT2D eigenvalue weighted by atomic mass is 9.98. The molecule has 4 aromatic rings. The van der Waals surface area contributed by atoms with E-state index in [1.807, 2.05) is 60.7 Å². The Kier molecular flexibility index (Phi) is 5.07. The average molecular weight is 462 g/mol. The van der Waals surface area contributed by atoms with Gasteiger partial charge in [0.25, 0.3) is 11.4 Å². The Bertz CT molecular complexity index is 1430. The molecule has 1 fully saturated rings. The fourth-order valence-corrected chi connectivity index (χ4v) is 4.58. The molecule has 6 rings (SSSR count). The van der Waals surface area contributed by atoms with Crippen molar-refractivity contribution in [2.24, 2.45) is 0 Å². The van der Waals surface area contributed by atoms with E-state index in [2.05, 4.69) is 15.1 Å². The normalized spacial score (nSPS) is 15.6. The van der Waals surface area contributed by atoms with Crippen molar-refractivity contribution in [2.45, 2.75) is 31.5 Å². The SMILES string of the molecule is [C-]#[N+]C1(c2ccc(COc3ccc(-c4c(-c5ccncc5)nn5c4C(=O)NCC5)cc3)cc2)CC1. The second-order valence-corrected chi connectivity index (χ2v) is 8.94. The van der Waals surface area contributed by atoms with Crippen molar-refractivity contribution < 1.29 is 9.53 Å². The number of hydrogen-bond acceptors (Lipinski definition) is 4. The number of aromatic nitrogens is 3. The first-order valence-electron chi connectivity index (χ1n) is 11.7. The number of hydrogen-bond donors (Lipinski definition) is 1. The molecule has 0 spiro atoms. The Morgan fingerprint density at radius 3 is 2.43 bits per heavy atom. The molecule has 0 radical (unpaired) electrons. The number of carbonyl (C=O) groups excluding carboxylic acids is 1. The fraction of sp³-hybridized carbons (Fsp3) is 0.214. The molecular weight excluding hydrogens is 438 g/mol. The van der Waals surface area contributed by atoms with E-state index in [1.54, 1.807) is 17.1 Å². The highest BCUT2D eigenvalue weighted by atomic mass is 16.5. The Labute approximate surface area is 203 Å². The van der Waals surface area contributed by atoms with Gasteiger partial charge in [0.05, 0.1) is 6.54 Å². The molecule has 2 aliphatic rings. The summed E-state index contributed by atoms with van der Waals surface area (Å²) in [4.78, 5) is 20.6. The van der Waals surface area contributed by atoms with E-state index in [0.717, 1.165) is 52.1 Å². The Hall–Kier alpha value is -4.44. The molecule has 35 heavy (non-hydrogen) atoms. The molecule has 0 saturated heterocycles. The predicted octanol–water partition coefficient (Wildman–Crippen LogP) is 4.84. The molecule has 172 valence electrons. The highest BCUT2D eigenvalue weighted by Crippen LogP contribution is 2.49. The predicted molar refractivity (Wildman–Crippen MR) is 132 cm³/mol. The highest BCUT2D eigenvalue weighted by molar-refractivity contribution is 6.03. The minimum absolute atomic E-state index is 0.117. The largest absolute Gasteiger partial charge is 0.489 e. The number of amides is 1. The molecule has 3 heterocycles. The second kappa shape index (κ2) is 8.41. The van der Waals surface area contributed by atoms with Gasteiger partial charge in [0.15, 0.2) is 0 Å². The van der Waals surface area contributed by atoms with Gasteiger partial charge in [-0.2, -0.15) is 5.10 Å². The van der Waals surface area contributed by atoms with Crippen LogP contribution in [0.1, 0.15) is 34.5 Å². The van der Waals surface area contributed by atoms with Gasteiger partial charge >= 0.3 is 0 Å². The molecule has 1 amide bonds. The minimum atomic E-state index is -0.283. The number of fused-ring (bicyclic) bond motifs is 1. The van der Waals surface area contributed by atoms with Crippen LogP contribution in [0.2, 0.25) is 0 Å². The molecule has 7 heteroatoms. The van der Waals surface area contributed by atoms with Gasteiger partial charge < -0.3 is 14.9 Å². The second-order valence-electron chi connectivity index (χ2n) is 8.94. The quantitative estimate of drug-likeness (QED) is 0.417.